The lowest BCUT2D eigenvalue weighted by atomic mass is 10.0. The van der Waals surface area contributed by atoms with Crippen molar-refractivity contribution >= 4 is 0 Å². The highest BCUT2D eigenvalue weighted by Crippen LogP contribution is 2.21. The van der Waals surface area contributed by atoms with Crippen molar-refractivity contribution in [2.75, 3.05) is 6.61 Å². The molecule has 1 unspecified atom stereocenters. The van der Waals surface area contributed by atoms with Crippen molar-refractivity contribution in [2.24, 2.45) is 0 Å². The zero-order valence-electron chi connectivity index (χ0n) is 8.36. The van der Waals surface area contributed by atoms with Gasteiger partial charge in [-0.1, -0.05) is 36.3 Å². The first-order valence-electron chi connectivity index (χ1n) is 4.52. The Hall–Kier alpha value is -1.52. The molecule has 1 rings (SSSR count). The van der Waals surface area contributed by atoms with Crippen LogP contribution in [0.1, 0.15) is 17.2 Å². The van der Waals surface area contributed by atoms with Gasteiger partial charge in [0.05, 0.1) is 0 Å². The van der Waals surface area contributed by atoms with Gasteiger partial charge in [-0.05, 0) is 18.1 Å². The van der Waals surface area contributed by atoms with Gasteiger partial charge < -0.3 is 4.74 Å². The molecular weight excluding hydrogens is 172 g/mol. The highest BCUT2D eigenvalue weighted by Gasteiger charge is 2.08. The predicted molar refractivity (Wildman–Crippen MR) is 58.9 cm³/mol. The van der Waals surface area contributed by atoms with Crippen LogP contribution in [0.2, 0.25) is 0 Å². The van der Waals surface area contributed by atoms with E-state index in [0.29, 0.717) is 6.61 Å². The van der Waals surface area contributed by atoms with Crippen LogP contribution in [0.5, 0.6) is 0 Å². The molecule has 0 aliphatic carbocycles. The van der Waals surface area contributed by atoms with Crippen LogP contribution in [0, 0.1) is 19.3 Å². The van der Waals surface area contributed by atoms with Gasteiger partial charge in [-0.3, -0.25) is 0 Å². The van der Waals surface area contributed by atoms with E-state index in [4.69, 9.17) is 11.2 Å². The first kappa shape index (κ1) is 10.6. The number of hydrogen-bond donors (Lipinski definition) is 0. The van der Waals surface area contributed by atoms with Gasteiger partial charge in [0.1, 0.15) is 12.7 Å². The third-order valence-electron chi connectivity index (χ3n) is 2.06. The Morgan fingerprint density at radius 2 is 2.29 bits per heavy atom. The SMILES string of the molecule is C#CCOC(C=C)c1ccccc1C. The first-order valence-corrected chi connectivity index (χ1v) is 4.52. The fourth-order valence-corrected chi connectivity index (χ4v) is 1.33. The first-order chi connectivity index (χ1) is 6.79. The monoisotopic (exact) mass is 186 g/mol. The molecule has 1 aromatic rings. The van der Waals surface area contributed by atoms with Crippen molar-refractivity contribution in [3.63, 3.8) is 0 Å². The van der Waals surface area contributed by atoms with E-state index in [2.05, 4.69) is 12.5 Å². The van der Waals surface area contributed by atoms with E-state index in [9.17, 15) is 0 Å². The van der Waals surface area contributed by atoms with Crippen molar-refractivity contribution in [2.45, 2.75) is 13.0 Å². The molecule has 0 aliphatic rings. The van der Waals surface area contributed by atoms with Crippen LogP contribution >= 0.6 is 0 Å². The van der Waals surface area contributed by atoms with Crippen molar-refractivity contribution in [3.05, 3.63) is 48.0 Å². The lowest BCUT2D eigenvalue weighted by Gasteiger charge is -2.14. The number of benzene rings is 1. The Balaban J connectivity index is 2.84. The van der Waals surface area contributed by atoms with Crippen molar-refractivity contribution in [1.29, 1.82) is 0 Å². The normalized spacial score (nSPS) is 11.7. The molecule has 0 saturated heterocycles. The Morgan fingerprint density at radius 3 is 2.86 bits per heavy atom. The van der Waals surface area contributed by atoms with Crippen molar-refractivity contribution in [1.82, 2.24) is 0 Å². The summed E-state index contributed by atoms with van der Waals surface area (Å²) in [4.78, 5) is 0. The Labute approximate surface area is 85.4 Å². The number of ether oxygens (including phenoxy) is 1. The summed E-state index contributed by atoms with van der Waals surface area (Å²) in [5.74, 6) is 2.45. The molecule has 14 heavy (non-hydrogen) atoms. The molecule has 1 heteroatoms. The summed E-state index contributed by atoms with van der Waals surface area (Å²) in [6, 6.07) is 8.06. The standard InChI is InChI=1S/C13H14O/c1-4-10-14-13(5-2)12-9-7-6-8-11(12)3/h1,5-9,13H,2,10H2,3H3. The van der Waals surface area contributed by atoms with E-state index in [0.717, 1.165) is 5.56 Å². The van der Waals surface area contributed by atoms with Gasteiger partial charge >= 0.3 is 0 Å². The minimum atomic E-state index is -0.104. The van der Waals surface area contributed by atoms with Crippen LogP contribution in [0.3, 0.4) is 0 Å². The minimum absolute atomic E-state index is 0.104. The van der Waals surface area contributed by atoms with E-state index in [1.807, 2.05) is 31.2 Å². The zero-order chi connectivity index (χ0) is 10.4. The highest BCUT2D eigenvalue weighted by atomic mass is 16.5. The van der Waals surface area contributed by atoms with E-state index in [1.54, 1.807) is 6.08 Å². The molecule has 1 nitrogen and oxygen atoms in total. The lowest BCUT2D eigenvalue weighted by Crippen LogP contribution is -2.03. The Kier molecular flexibility index (Phi) is 3.97. The molecule has 0 fully saturated rings. The van der Waals surface area contributed by atoms with Crippen molar-refractivity contribution < 1.29 is 4.74 Å². The van der Waals surface area contributed by atoms with E-state index in [-0.39, 0.29) is 6.10 Å². The molecule has 0 amide bonds. The summed E-state index contributed by atoms with van der Waals surface area (Å²) in [6.07, 6.45) is 6.80. The van der Waals surface area contributed by atoms with Crippen LogP contribution < -0.4 is 0 Å². The molecule has 0 heterocycles. The van der Waals surface area contributed by atoms with E-state index < -0.39 is 0 Å². The predicted octanol–water partition coefficient (Wildman–Crippen LogP) is 2.87. The van der Waals surface area contributed by atoms with Crippen LogP contribution in [0.15, 0.2) is 36.9 Å². The van der Waals surface area contributed by atoms with Gasteiger partial charge in [0.25, 0.3) is 0 Å². The zero-order valence-corrected chi connectivity index (χ0v) is 8.36. The van der Waals surface area contributed by atoms with Gasteiger partial charge in [-0.25, -0.2) is 0 Å². The lowest BCUT2D eigenvalue weighted by molar-refractivity contribution is 0.114. The average molecular weight is 186 g/mol. The van der Waals surface area contributed by atoms with Crippen LogP contribution in [-0.2, 0) is 4.74 Å². The summed E-state index contributed by atoms with van der Waals surface area (Å²) < 4.78 is 5.45. The van der Waals surface area contributed by atoms with Crippen LogP contribution in [0.25, 0.3) is 0 Å². The number of terminal acetylenes is 1. The molecule has 0 aromatic heterocycles. The second-order valence-corrected chi connectivity index (χ2v) is 3.03. The fourth-order valence-electron chi connectivity index (χ4n) is 1.33. The number of rotatable bonds is 4. The minimum Gasteiger partial charge on any atom is -0.357 e. The Bertz CT molecular complexity index is 346. The Morgan fingerprint density at radius 1 is 1.57 bits per heavy atom. The molecular formula is C13H14O. The molecule has 1 atom stereocenters. The summed E-state index contributed by atoms with van der Waals surface area (Å²) in [6.45, 7) is 6.10. The highest BCUT2D eigenvalue weighted by molar-refractivity contribution is 5.29. The second-order valence-electron chi connectivity index (χ2n) is 3.03. The van der Waals surface area contributed by atoms with Gasteiger partial charge in [-0.15, -0.1) is 13.0 Å². The maximum absolute atomic E-state index is 5.45. The van der Waals surface area contributed by atoms with E-state index in [1.165, 1.54) is 5.56 Å². The third kappa shape index (κ3) is 2.48. The fraction of sp³-hybridized carbons (Fsp3) is 0.231. The second kappa shape index (κ2) is 5.26. The van der Waals surface area contributed by atoms with Crippen molar-refractivity contribution in [3.8, 4) is 12.3 Å². The molecule has 0 aliphatic heterocycles. The number of aryl methyl sites for hydroxylation is 1. The van der Waals surface area contributed by atoms with Gasteiger partial charge in [0.15, 0.2) is 0 Å². The third-order valence-corrected chi connectivity index (χ3v) is 2.06. The van der Waals surface area contributed by atoms with Crippen LogP contribution in [0.4, 0.5) is 0 Å². The number of hydrogen-bond acceptors (Lipinski definition) is 1. The van der Waals surface area contributed by atoms with Gasteiger partial charge in [-0.2, -0.15) is 0 Å². The van der Waals surface area contributed by atoms with Gasteiger partial charge in [0.2, 0.25) is 0 Å². The van der Waals surface area contributed by atoms with Crippen LogP contribution in [-0.4, -0.2) is 6.61 Å². The maximum atomic E-state index is 5.45. The quantitative estimate of drug-likeness (QED) is 0.519. The molecule has 0 spiro atoms. The molecule has 0 N–H and O–H groups in total. The molecule has 1 aromatic carbocycles. The summed E-state index contributed by atoms with van der Waals surface area (Å²) in [5, 5.41) is 0. The maximum Gasteiger partial charge on any atom is 0.108 e. The molecule has 0 radical (unpaired) electrons. The molecule has 0 saturated carbocycles. The summed E-state index contributed by atoms with van der Waals surface area (Å²) in [7, 11) is 0. The van der Waals surface area contributed by atoms with E-state index >= 15 is 0 Å². The topological polar surface area (TPSA) is 9.23 Å². The molecule has 72 valence electrons. The summed E-state index contributed by atoms with van der Waals surface area (Å²) >= 11 is 0. The van der Waals surface area contributed by atoms with Gasteiger partial charge in [0, 0.05) is 0 Å². The summed E-state index contributed by atoms with van der Waals surface area (Å²) in [5.41, 5.74) is 2.31. The smallest absolute Gasteiger partial charge is 0.108 e. The molecule has 0 bridgehead atoms. The largest absolute Gasteiger partial charge is 0.357 e. The average Bonchev–Trinajstić information content (AvgIpc) is 2.21.